The Hall–Kier alpha value is -0.553. The zero-order valence-corrected chi connectivity index (χ0v) is 17.3. The quantitative estimate of drug-likeness (QED) is 0.221. The van der Waals surface area contributed by atoms with Crippen LogP contribution in [0.4, 0.5) is 0 Å². The van der Waals surface area contributed by atoms with Gasteiger partial charge in [-0.15, -0.1) is 55.9 Å². The Bertz CT molecular complexity index is 1010. The largest absolute Gasteiger partial charge is 0.352 e. The molecule has 0 fully saturated rings. The van der Waals surface area contributed by atoms with Crippen LogP contribution >= 0.6 is 55.9 Å². The molecule has 24 heavy (non-hydrogen) atoms. The summed E-state index contributed by atoms with van der Waals surface area (Å²) in [4.78, 5) is 0. The van der Waals surface area contributed by atoms with Crippen LogP contribution in [0.5, 0.6) is 0 Å². The summed E-state index contributed by atoms with van der Waals surface area (Å²) in [5, 5.41) is 6.78. The van der Waals surface area contributed by atoms with E-state index in [-0.39, 0.29) is 5.54 Å². The van der Waals surface area contributed by atoms with Gasteiger partial charge in [0, 0.05) is 14.9 Å². The lowest BCUT2D eigenvalue weighted by molar-refractivity contribution is 0.978. The maximum atomic E-state index is 6.59. The minimum absolute atomic E-state index is 0.1000. The number of fused-ring (bicyclic) bond motifs is 4. The van der Waals surface area contributed by atoms with Crippen LogP contribution in [0.25, 0.3) is 20.2 Å². The van der Waals surface area contributed by atoms with Crippen molar-refractivity contribution in [3.8, 4) is 0 Å². The average Bonchev–Trinajstić information content (AvgIpc) is 3.14. The van der Waals surface area contributed by atoms with Gasteiger partial charge in [-0.05, 0) is 86.6 Å². The summed E-state index contributed by atoms with van der Waals surface area (Å²) < 4.78 is 2.57. The predicted octanol–water partition coefficient (Wildman–Crippen LogP) is 7.35. The maximum Gasteiger partial charge on any atom is 0.352 e. The van der Waals surface area contributed by atoms with Crippen molar-refractivity contribution >= 4 is 82.1 Å². The molecule has 2 heterocycles. The van der Waals surface area contributed by atoms with E-state index in [0.29, 0.717) is 0 Å². The number of hydrogen-bond acceptors (Lipinski definition) is 2. The van der Waals surface area contributed by atoms with E-state index in [1.54, 1.807) is 22.7 Å². The first-order valence-corrected chi connectivity index (χ1v) is 14.4. The Balaban J connectivity index is 1.83. The normalized spacial score (nSPS) is 17.2. The van der Waals surface area contributed by atoms with E-state index in [9.17, 15) is 0 Å². The van der Waals surface area contributed by atoms with Crippen LogP contribution in [0.1, 0.15) is 27.8 Å². The van der Waals surface area contributed by atoms with Gasteiger partial charge < -0.3 is 0 Å². The van der Waals surface area contributed by atoms with Crippen LogP contribution in [-0.4, -0.2) is 6.00 Å². The second-order valence-electron chi connectivity index (χ2n) is 6.17. The van der Waals surface area contributed by atoms with Gasteiger partial charge in [-0.2, -0.15) is 0 Å². The predicted molar refractivity (Wildman–Crippen MR) is 112 cm³/mol. The highest BCUT2D eigenvalue weighted by Gasteiger charge is 2.43. The molecule has 2 aromatic heterocycles. The SMILES string of the molecule is Cl[Si](Cl)(Cl)C1c2cc3ccsc3cc2Cc2cc3ccsc3cc21. The van der Waals surface area contributed by atoms with E-state index in [0.717, 1.165) is 6.42 Å². The molecule has 1 unspecified atom stereocenters. The van der Waals surface area contributed by atoms with Gasteiger partial charge in [0.05, 0.1) is 0 Å². The molecule has 0 aliphatic heterocycles. The first-order chi connectivity index (χ1) is 11.5. The molecule has 5 rings (SSSR count). The topological polar surface area (TPSA) is 0 Å². The molecule has 1 aliphatic carbocycles. The van der Waals surface area contributed by atoms with Gasteiger partial charge in [-0.1, -0.05) is 0 Å². The molecule has 0 spiro atoms. The molecule has 0 saturated carbocycles. The molecule has 0 saturated heterocycles. The van der Waals surface area contributed by atoms with Crippen LogP contribution < -0.4 is 0 Å². The highest BCUT2D eigenvalue weighted by molar-refractivity contribution is 7.65. The molecule has 1 atom stereocenters. The number of thiophene rings is 2. The van der Waals surface area contributed by atoms with Crippen molar-refractivity contribution < 1.29 is 0 Å². The first kappa shape index (κ1) is 15.7. The van der Waals surface area contributed by atoms with Crippen molar-refractivity contribution in [2.45, 2.75) is 12.0 Å². The fraction of sp³-hybridized carbons (Fsp3) is 0.111. The standard InChI is InChI=1S/C18H11Cl3S2Si/c19-24(20,21)18-14-7-11-2-4-22-16(11)8-13(14)6-12-5-10-1-3-23-17(10)9-15(12)18/h1-5,7-9,18H,6H2. The van der Waals surface area contributed by atoms with E-state index < -0.39 is 6.00 Å². The Morgan fingerprint density at radius 3 is 2.08 bits per heavy atom. The summed E-state index contributed by atoms with van der Waals surface area (Å²) >= 11 is 23.3. The van der Waals surface area contributed by atoms with Crippen LogP contribution in [0.2, 0.25) is 0 Å². The molecule has 0 bridgehead atoms. The molecule has 0 radical (unpaired) electrons. The van der Waals surface area contributed by atoms with Crippen molar-refractivity contribution in [3.63, 3.8) is 0 Å². The van der Waals surface area contributed by atoms with Crippen LogP contribution in [0.3, 0.4) is 0 Å². The van der Waals surface area contributed by atoms with Crippen LogP contribution in [-0.2, 0) is 6.42 Å². The van der Waals surface area contributed by atoms with Crippen molar-refractivity contribution in [1.29, 1.82) is 0 Å². The molecule has 0 amide bonds. The number of rotatable bonds is 1. The summed E-state index contributed by atoms with van der Waals surface area (Å²) in [5.41, 5.74) is 4.91. The Morgan fingerprint density at radius 1 is 0.792 bits per heavy atom. The minimum atomic E-state index is -2.97. The molecule has 6 heteroatoms. The molecule has 2 aromatic carbocycles. The Morgan fingerprint density at radius 2 is 1.38 bits per heavy atom. The number of halogens is 3. The smallest absolute Gasteiger partial charge is 0.144 e. The Labute approximate surface area is 162 Å². The Kier molecular flexibility index (Phi) is 3.57. The van der Waals surface area contributed by atoms with E-state index in [2.05, 4.69) is 47.2 Å². The summed E-state index contributed by atoms with van der Waals surface area (Å²) in [6.45, 7) is 0. The average molecular weight is 426 g/mol. The second kappa shape index (κ2) is 5.47. The highest BCUT2D eigenvalue weighted by Crippen LogP contribution is 2.49. The monoisotopic (exact) mass is 424 g/mol. The zero-order chi connectivity index (χ0) is 16.5. The number of hydrogen-bond donors (Lipinski definition) is 0. The van der Waals surface area contributed by atoms with Gasteiger partial charge >= 0.3 is 6.00 Å². The summed E-state index contributed by atoms with van der Waals surface area (Å²) in [6.07, 6.45) is 0.913. The third-order valence-electron chi connectivity index (χ3n) is 4.76. The maximum absolute atomic E-state index is 6.59. The van der Waals surface area contributed by atoms with Gasteiger partial charge in [-0.25, -0.2) is 0 Å². The molecule has 4 aromatic rings. The van der Waals surface area contributed by atoms with Crippen molar-refractivity contribution in [3.05, 3.63) is 69.4 Å². The van der Waals surface area contributed by atoms with Gasteiger partial charge in [0.2, 0.25) is 0 Å². The van der Waals surface area contributed by atoms with Gasteiger partial charge in [0.15, 0.2) is 0 Å². The van der Waals surface area contributed by atoms with Crippen LogP contribution in [0.15, 0.2) is 47.2 Å². The van der Waals surface area contributed by atoms with Crippen molar-refractivity contribution in [1.82, 2.24) is 0 Å². The molecule has 1 aliphatic rings. The lowest BCUT2D eigenvalue weighted by atomic mass is 9.84. The van der Waals surface area contributed by atoms with E-state index in [1.807, 2.05) is 0 Å². The van der Waals surface area contributed by atoms with Crippen LogP contribution in [0, 0.1) is 0 Å². The molecular formula is C18H11Cl3S2Si. The van der Waals surface area contributed by atoms with E-state index >= 15 is 0 Å². The van der Waals surface area contributed by atoms with E-state index in [1.165, 1.54) is 42.4 Å². The minimum Gasteiger partial charge on any atom is -0.144 e. The van der Waals surface area contributed by atoms with Gasteiger partial charge in [-0.3, -0.25) is 0 Å². The second-order valence-corrected chi connectivity index (χ2v) is 16.8. The first-order valence-electron chi connectivity index (χ1n) is 7.57. The fourth-order valence-corrected chi connectivity index (χ4v) is 8.72. The summed E-state index contributed by atoms with van der Waals surface area (Å²) in [7, 11) is 0. The molecule has 120 valence electrons. The zero-order valence-electron chi connectivity index (χ0n) is 12.4. The molecular weight excluding hydrogens is 415 g/mol. The number of benzene rings is 2. The third-order valence-corrected chi connectivity index (χ3v) is 9.76. The van der Waals surface area contributed by atoms with Gasteiger partial charge in [0.1, 0.15) is 0 Å². The summed E-state index contributed by atoms with van der Waals surface area (Å²) in [6, 6.07) is 10.4. The lowest BCUT2D eigenvalue weighted by Gasteiger charge is -2.32. The van der Waals surface area contributed by atoms with Crippen molar-refractivity contribution in [2.75, 3.05) is 0 Å². The fourth-order valence-electron chi connectivity index (χ4n) is 3.71. The molecule has 0 nitrogen and oxygen atoms in total. The van der Waals surface area contributed by atoms with E-state index in [4.69, 9.17) is 33.2 Å². The molecule has 0 N–H and O–H groups in total. The van der Waals surface area contributed by atoms with Gasteiger partial charge in [0.25, 0.3) is 0 Å². The van der Waals surface area contributed by atoms with Crippen molar-refractivity contribution in [2.24, 2.45) is 0 Å². The lowest BCUT2D eigenvalue weighted by Crippen LogP contribution is -2.29. The summed E-state index contributed by atoms with van der Waals surface area (Å²) in [5.74, 6) is 0. The third kappa shape index (κ3) is 2.37. The highest BCUT2D eigenvalue weighted by atomic mass is 35.8.